The molecule has 198 valence electrons. The Balaban J connectivity index is 1.67. The van der Waals surface area contributed by atoms with E-state index < -0.39 is 24.3 Å². The molecule has 0 unspecified atom stereocenters. The maximum absolute atomic E-state index is 12.4. The molecule has 1 heterocycles. The van der Waals surface area contributed by atoms with Crippen LogP contribution in [0.2, 0.25) is 0 Å². The van der Waals surface area contributed by atoms with Gasteiger partial charge in [0.25, 0.3) is 0 Å². The summed E-state index contributed by atoms with van der Waals surface area (Å²) in [7, 11) is 1.28. The number of amides is 2. The van der Waals surface area contributed by atoms with Gasteiger partial charge in [-0.3, -0.25) is 5.43 Å². The van der Waals surface area contributed by atoms with Crippen molar-refractivity contribution in [2.45, 2.75) is 45.9 Å². The highest BCUT2D eigenvalue weighted by Gasteiger charge is 2.32. The molecule has 0 aromatic heterocycles. The van der Waals surface area contributed by atoms with E-state index in [1.165, 1.54) is 12.7 Å². The average molecular weight is 511 g/mol. The summed E-state index contributed by atoms with van der Waals surface area (Å²) in [6.45, 7) is 7.99. The molecule has 2 atom stereocenters. The quantitative estimate of drug-likeness (QED) is 0.158. The number of esters is 1. The number of hydrazone groups is 1. The number of methoxy groups -OCH3 is 1. The van der Waals surface area contributed by atoms with E-state index in [0.29, 0.717) is 35.3 Å². The van der Waals surface area contributed by atoms with Gasteiger partial charge in [0.05, 0.1) is 31.5 Å². The van der Waals surface area contributed by atoms with Gasteiger partial charge in [-0.15, -0.1) is 0 Å². The fraction of sp³-hybridized carbons (Fsp3) is 0.370. The molecule has 0 bridgehead atoms. The Hall–Kier alpha value is -4.05. The van der Waals surface area contributed by atoms with E-state index in [-0.39, 0.29) is 12.2 Å². The van der Waals surface area contributed by atoms with Gasteiger partial charge >= 0.3 is 12.0 Å². The summed E-state index contributed by atoms with van der Waals surface area (Å²) in [6.07, 6.45) is 0.552. The van der Waals surface area contributed by atoms with Gasteiger partial charge < -0.3 is 30.0 Å². The van der Waals surface area contributed by atoms with E-state index in [0.717, 1.165) is 5.56 Å². The Bertz CT molecular complexity index is 1160. The van der Waals surface area contributed by atoms with Crippen molar-refractivity contribution >= 4 is 18.2 Å². The largest absolute Gasteiger partial charge is 0.490 e. The lowest BCUT2D eigenvalue weighted by atomic mass is 9.95. The molecule has 0 saturated carbocycles. The van der Waals surface area contributed by atoms with Crippen molar-refractivity contribution in [3.05, 3.63) is 70.4 Å². The number of ether oxygens (including phenoxy) is 3. The summed E-state index contributed by atoms with van der Waals surface area (Å²) in [5, 5.41) is 19.7. The van der Waals surface area contributed by atoms with E-state index in [2.05, 4.69) is 35.0 Å². The van der Waals surface area contributed by atoms with Crippen LogP contribution in [0.15, 0.2) is 58.8 Å². The second-order valence-electron chi connectivity index (χ2n) is 8.74. The minimum Gasteiger partial charge on any atom is -0.490 e. The van der Waals surface area contributed by atoms with Gasteiger partial charge in [-0.25, -0.2) is 9.59 Å². The summed E-state index contributed by atoms with van der Waals surface area (Å²) < 4.78 is 16.4. The Morgan fingerprint density at radius 2 is 1.89 bits per heavy atom. The zero-order chi connectivity index (χ0) is 26.9. The van der Waals surface area contributed by atoms with Crippen molar-refractivity contribution in [3.8, 4) is 11.5 Å². The third-order valence-electron chi connectivity index (χ3n) is 5.71. The van der Waals surface area contributed by atoms with Crippen LogP contribution in [-0.4, -0.2) is 49.9 Å². The smallest absolute Gasteiger partial charge is 0.337 e. The highest BCUT2D eigenvalue weighted by Crippen LogP contribution is 2.34. The predicted molar refractivity (Wildman–Crippen MR) is 139 cm³/mol. The first-order chi connectivity index (χ1) is 17.7. The van der Waals surface area contributed by atoms with Crippen molar-refractivity contribution < 1.29 is 28.9 Å². The predicted octanol–water partition coefficient (Wildman–Crippen LogP) is 3.33. The Kier molecular flexibility index (Phi) is 9.51. The molecule has 37 heavy (non-hydrogen) atoms. The number of aliphatic hydroxyl groups is 1. The van der Waals surface area contributed by atoms with Crippen LogP contribution in [0.1, 0.15) is 56.3 Å². The lowest BCUT2D eigenvalue weighted by Gasteiger charge is -2.28. The molecule has 4 N–H and O–H groups in total. The number of benzene rings is 2. The summed E-state index contributed by atoms with van der Waals surface area (Å²) in [6, 6.07) is 11.9. The Morgan fingerprint density at radius 1 is 1.16 bits per heavy atom. The molecule has 10 heteroatoms. The van der Waals surface area contributed by atoms with Crippen molar-refractivity contribution in [2.24, 2.45) is 5.10 Å². The van der Waals surface area contributed by atoms with Gasteiger partial charge in [0.15, 0.2) is 17.7 Å². The minimum atomic E-state index is -1.07. The summed E-state index contributed by atoms with van der Waals surface area (Å²) in [5.74, 6) is 0.683. The molecular weight excluding hydrogens is 476 g/mol. The van der Waals surface area contributed by atoms with Crippen LogP contribution in [0.5, 0.6) is 11.5 Å². The lowest BCUT2D eigenvalue weighted by Crippen LogP contribution is -2.45. The normalized spacial score (nSPS) is 16.3. The molecule has 2 aromatic rings. The molecule has 3 rings (SSSR count). The van der Waals surface area contributed by atoms with E-state index in [1.807, 2.05) is 31.2 Å². The maximum Gasteiger partial charge on any atom is 0.337 e. The monoisotopic (exact) mass is 510 g/mol. The first-order valence-corrected chi connectivity index (χ1v) is 12.1. The Labute approximate surface area is 216 Å². The van der Waals surface area contributed by atoms with Gasteiger partial charge in [-0.1, -0.05) is 44.2 Å². The van der Waals surface area contributed by atoms with Gasteiger partial charge in [0, 0.05) is 5.70 Å². The summed E-state index contributed by atoms with van der Waals surface area (Å²) >= 11 is 0. The van der Waals surface area contributed by atoms with E-state index in [9.17, 15) is 14.7 Å². The number of nitrogens with zero attached hydrogens (tertiary/aromatic N) is 1. The maximum atomic E-state index is 12.4. The number of carbonyl (C=O) groups excluding carboxylic acids is 2. The molecule has 1 aliphatic rings. The van der Waals surface area contributed by atoms with Gasteiger partial charge in [0.1, 0.15) is 6.61 Å². The van der Waals surface area contributed by atoms with Crippen molar-refractivity contribution in [1.82, 2.24) is 16.1 Å². The zero-order valence-corrected chi connectivity index (χ0v) is 21.7. The molecule has 0 saturated heterocycles. The van der Waals surface area contributed by atoms with Crippen LogP contribution in [-0.2, 0) is 9.53 Å². The molecule has 10 nitrogen and oxygen atoms in total. The molecule has 0 fully saturated rings. The highest BCUT2D eigenvalue weighted by molar-refractivity contribution is 5.95. The van der Waals surface area contributed by atoms with E-state index in [4.69, 9.17) is 14.2 Å². The fourth-order valence-corrected chi connectivity index (χ4v) is 3.79. The minimum absolute atomic E-state index is 0.0977. The number of rotatable bonds is 11. The van der Waals surface area contributed by atoms with Gasteiger partial charge in [-0.05, 0) is 48.6 Å². The number of carbonyl (C=O) groups is 2. The van der Waals surface area contributed by atoms with Crippen LogP contribution in [0, 0.1) is 0 Å². The molecule has 2 aromatic carbocycles. The SMILES string of the molecule is CCOc1cc([C@@H]2NC(=O)NC(C)=C2C(=O)OC)ccc1OC[C@@H](O)N/N=C\c1ccc(C(C)C)cc1. The number of urea groups is 1. The van der Waals surface area contributed by atoms with Gasteiger partial charge in [-0.2, -0.15) is 5.10 Å². The molecule has 2 amide bonds. The number of aliphatic hydroxyl groups excluding tert-OH is 1. The highest BCUT2D eigenvalue weighted by atomic mass is 16.5. The number of hydrogen-bond donors (Lipinski definition) is 4. The fourth-order valence-electron chi connectivity index (χ4n) is 3.79. The summed E-state index contributed by atoms with van der Waals surface area (Å²) in [5.41, 5.74) is 6.08. The number of hydrogen-bond acceptors (Lipinski definition) is 8. The zero-order valence-electron chi connectivity index (χ0n) is 21.7. The van der Waals surface area contributed by atoms with Crippen molar-refractivity contribution in [1.29, 1.82) is 0 Å². The third kappa shape index (κ3) is 7.23. The van der Waals surface area contributed by atoms with Crippen LogP contribution in [0.3, 0.4) is 0 Å². The summed E-state index contributed by atoms with van der Waals surface area (Å²) in [4.78, 5) is 24.4. The molecular formula is C27H34N4O6. The third-order valence-corrected chi connectivity index (χ3v) is 5.71. The molecule has 0 radical (unpaired) electrons. The van der Waals surface area contributed by atoms with Crippen LogP contribution in [0.25, 0.3) is 0 Å². The Morgan fingerprint density at radius 3 is 2.54 bits per heavy atom. The van der Waals surface area contributed by atoms with Crippen LogP contribution < -0.4 is 25.5 Å². The lowest BCUT2D eigenvalue weighted by molar-refractivity contribution is -0.136. The standard InChI is InChI=1S/C27H34N4O6/c1-6-36-22-13-20(25-24(26(33)35-5)17(4)29-27(34)30-25)11-12-21(22)37-15-23(32)31-28-14-18-7-9-19(10-8-18)16(2)3/h7-14,16,23,25,31-32H,6,15H2,1-5H3,(H2,29,30,34)/b28-14-/t23-,25+/m1/s1. The molecule has 1 aliphatic heterocycles. The van der Waals surface area contributed by atoms with E-state index in [1.54, 1.807) is 31.3 Å². The van der Waals surface area contributed by atoms with E-state index >= 15 is 0 Å². The van der Waals surface area contributed by atoms with Crippen LogP contribution in [0.4, 0.5) is 4.79 Å². The second kappa shape index (κ2) is 12.8. The number of nitrogens with one attached hydrogen (secondary N) is 3. The average Bonchev–Trinajstić information content (AvgIpc) is 2.87. The van der Waals surface area contributed by atoms with Gasteiger partial charge in [0.2, 0.25) is 0 Å². The first-order valence-electron chi connectivity index (χ1n) is 12.1. The number of allylic oxidation sites excluding steroid dienone is 1. The molecule has 0 spiro atoms. The van der Waals surface area contributed by atoms with Crippen molar-refractivity contribution in [3.63, 3.8) is 0 Å². The molecule has 0 aliphatic carbocycles. The first kappa shape index (κ1) is 27.5. The van der Waals surface area contributed by atoms with Crippen molar-refractivity contribution in [2.75, 3.05) is 20.3 Å². The second-order valence-corrected chi connectivity index (χ2v) is 8.74. The topological polar surface area (TPSA) is 131 Å². The van der Waals surface area contributed by atoms with Crippen LogP contribution >= 0.6 is 0 Å².